The van der Waals surface area contributed by atoms with Crippen molar-refractivity contribution >= 4 is 18.1 Å². The van der Waals surface area contributed by atoms with Crippen molar-refractivity contribution in [3.05, 3.63) is 64.9 Å². The van der Waals surface area contributed by atoms with Crippen molar-refractivity contribution in [2.45, 2.75) is 13.0 Å². The van der Waals surface area contributed by atoms with Crippen LogP contribution in [0, 0.1) is 0 Å². The van der Waals surface area contributed by atoms with Crippen LogP contribution < -0.4 is 15.0 Å². The summed E-state index contributed by atoms with van der Waals surface area (Å²) in [5, 5.41) is 0. The quantitative estimate of drug-likeness (QED) is 0.353. The molecule has 0 aliphatic heterocycles. The van der Waals surface area contributed by atoms with Crippen LogP contribution in [-0.2, 0) is 14.4 Å². The third-order valence-corrected chi connectivity index (χ3v) is 4.16. The number of benzene rings is 2. The molecule has 0 aliphatic rings. The first-order valence-corrected chi connectivity index (χ1v) is 9.02. The van der Waals surface area contributed by atoms with Crippen LogP contribution in [0.15, 0.2) is 48.2 Å². The van der Waals surface area contributed by atoms with Gasteiger partial charge in [0.15, 0.2) is 18.2 Å². The minimum absolute atomic E-state index is 0.183. The van der Waals surface area contributed by atoms with E-state index < -0.39 is 6.10 Å². The van der Waals surface area contributed by atoms with Crippen LogP contribution in [0.3, 0.4) is 0 Å². The van der Waals surface area contributed by atoms with Gasteiger partial charge in [0.2, 0.25) is 0 Å². The average Bonchev–Trinajstić information content (AvgIpc) is 2.76. The Morgan fingerprint density at radius 3 is 2.24 bits per heavy atom. The van der Waals surface area contributed by atoms with Crippen LogP contribution in [0.5, 0.6) is 11.5 Å². The van der Waals surface area contributed by atoms with Gasteiger partial charge in [0.05, 0.1) is 27.0 Å². The number of ketones is 1. The summed E-state index contributed by atoms with van der Waals surface area (Å²) in [7, 11) is 4.53. The van der Waals surface area contributed by atoms with Crippen LogP contribution in [0.25, 0.3) is 6.08 Å². The number of carbonyl (C=O) groups excluding carboxylic acids is 2. The Labute approximate surface area is 170 Å². The molecule has 154 valence electrons. The predicted octanol–water partition coefficient (Wildman–Crippen LogP) is 3.03. The van der Waals surface area contributed by atoms with Crippen molar-refractivity contribution < 1.29 is 28.6 Å². The molecule has 0 radical (unpaired) electrons. The molecule has 0 saturated carbocycles. The molecule has 0 saturated heterocycles. The molecular formula is C22H25NO6. The van der Waals surface area contributed by atoms with E-state index in [0.29, 0.717) is 46.8 Å². The Morgan fingerprint density at radius 2 is 1.69 bits per heavy atom. The number of ether oxygens (including phenoxy) is 3. The molecule has 1 N–H and O–H groups in total. The van der Waals surface area contributed by atoms with Crippen LogP contribution in [0.4, 0.5) is 0 Å². The Bertz CT molecular complexity index is 860. The smallest absolute Gasteiger partial charge is 0.193 e. The minimum atomic E-state index is -0.866. The third kappa shape index (κ3) is 5.66. The van der Waals surface area contributed by atoms with Gasteiger partial charge < -0.3 is 14.2 Å². The van der Waals surface area contributed by atoms with Gasteiger partial charge in [-0.05, 0) is 61.0 Å². The molecule has 1 unspecified atom stereocenters. The SMILES string of the molecule is CCOC(C=O)C(=Cc1cc(OC)ccc1C(=O)c1ccc(OC)cc1)NOC. The number of nitrogens with one attached hydrogen (secondary N) is 1. The summed E-state index contributed by atoms with van der Waals surface area (Å²) >= 11 is 0. The molecule has 7 nitrogen and oxygen atoms in total. The van der Waals surface area contributed by atoms with Crippen LogP contribution in [0.2, 0.25) is 0 Å². The normalized spacial score (nSPS) is 12.2. The fourth-order valence-electron chi connectivity index (χ4n) is 2.73. The fraction of sp³-hybridized carbons (Fsp3) is 0.273. The molecule has 0 spiro atoms. The first kappa shape index (κ1) is 22.1. The van der Waals surface area contributed by atoms with E-state index in [1.54, 1.807) is 62.6 Å². The zero-order valence-electron chi connectivity index (χ0n) is 16.9. The molecule has 1 atom stereocenters. The van der Waals surface area contributed by atoms with Gasteiger partial charge >= 0.3 is 0 Å². The molecular weight excluding hydrogens is 374 g/mol. The molecule has 0 fully saturated rings. The van der Waals surface area contributed by atoms with E-state index in [0.717, 1.165) is 0 Å². The van der Waals surface area contributed by atoms with Crippen molar-refractivity contribution in [1.82, 2.24) is 5.48 Å². The van der Waals surface area contributed by atoms with Gasteiger partial charge in [-0.1, -0.05) is 0 Å². The van der Waals surface area contributed by atoms with Crippen molar-refractivity contribution in [3.8, 4) is 11.5 Å². The Hall–Kier alpha value is -3.16. The van der Waals surface area contributed by atoms with Gasteiger partial charge in [0.1, 0.15) is 11.5 Å². The molecule has 29 heavy (non-hydrogen) atoms. The second kappa shape index (κ2) is 11.0. The minimum Gasteiger partial charge on any atom is -0.497 e. The zero-order chi connectivity index (χ0) is 21.2. The lowest BCUT2D eigenvalue weighted by atomic mass is 9.97. The topological polar surface area (TPSA) is 83.1 Å². The monoisotopic (exact) mass is 399 g/mol. The van der Waals surface area contributed by atoms with Crippen LogP contribution in [-0.4, -0.2) is 46.1 Å². The van der Waals surface area contributed by atoms with E-state index in [9.17, 15) is 9.59 Å². The van der Waals surface area contributed by atoms with Gasteiger partial charge in [-0.25, -0.2) is 0 Å². The van der Waals surface area contributed by atoms with Crippen molar-refractivity contribution in [1.29, 1.82) is 0 Å². The second-order valence-electron chi connectivity index (χ2n) is 5.93. The van der Waals surface area contributed by atoms with Gasteiger partial charge in [-0.2, -0.15) is 0 Å². The highest BCUT2D eigenvalue weighted by Crippen LogP contribution is 2.24. The maximum absolute atomic E-state index is 13.1. The molecule has 2 rings (SSSR count). The van der Waals surface area contributed by atoms with Crippen molar-refractivity contribution in [3.63, 3.8) is 0 Å². The Balaban J connectivity index is 2.53. The van der Waals surface area contributed by atoms with Gasteiger partial charge in [0.25, 0.3) is 0 Å². The third-order valence-electron chi connectivity index (χ3n) is 4.16. The maximum atomic E-state index is 13.1. The fourth-order valence-corrected chi connectivity index (χ4v) is 2.73. The van der Waals surface area contributed by atoms with E-state index in [1.165, 1.54) is 14.2 Å². The lowest BCUT2D eigenvalue weighted by molar-refractivity contribution is -0.116. The Morgan fingerprint density at radius 1 is 1.03 bits per heavy atom. The molecule has 0 bridgehead atoms. The van der Waals surface area contributed by atoms with E-state index in [-0.39, 0.29) is 5.78 Å². The molecule has 7 heteroatoms. The second-order valence-corrected chi connectivity index (χ2v) is 5.93. The van der Waals surface area contributed by atoms with Gasteiger partial charge in [-0.15, -0.1) is 0 Å². The number of methoxy groups -OCH3 is 2. The van der Waals surface area contributed by atoms with Crippen LogP contribution in [0.1, 0.15) is 28.4 Å². The van der Waals surface area contributed by atoms with E-state index in [4.69, 9.17) is 19.0 Å². The molecule has 0 heterocycles. The van der Waals surface area contributed by atoms with Crippen LogP contribution >= 0.6 is 0 Å². The van der Waals surface area contributed by atoms with E-state index >= 15 is 0 Å². The predicted molar refractivity (Wildman–Crippen MR) is 109 cm³/mol. The highest BCUT2D eigenvalue weighted by Gasteiger charge is 2.18. The molecule has 2 aromatic carbocycles. The summed E-state index contributed by atoms with van der Waals surface area (Å²) in [6.45, 7) is 2.12. The van der Waals surface area contributed by atoms with E-state index in [1.807, 2.05) is 0 Å². The summed E-state index contributed by atoms with van der Waals surface area (Å²) in [6, 6.07) is 11.9. The zero-order valence-corrected chi connectivity index (χ0v) is 16.9. The van der Waals surface area contributed by atoms with E-state index in [2.05, 4.69) is 5.48 Å². The summed E-state index contributed by atoms with van der Waals surface area (Å²) in [4.78, 5) is 29.6. The van der Waals surface area contributed by atoms with Crippen molar-refractivity contribution in [2.75, 3.05) is 27.9 Å². The highest BCUT2D eigenvalue weighted by molar-refractivity contribution is 6.11. The molecule has 0 amide bonds. The summed E-state index contributed by atoms with van der Waals surface area (Å²) < 4.78 is 15.9. The number of hydrogen-bond donors (Lipinski definition) is 1. The number of hydrogen-bond acceptors (Lipinski definition) is 7. The highest BCUT2D eigenvalue weighted by atomic mass is 16.6. The molecule has 2 aromatic rings. The Kier molecular flexibility index (Phi) is 8.39. The van der Waals surface area contributed by atoms with Gasteiger partial charge in [0, 0.05) is 17.7 Å². The first-order chi connectivity index (χ1) is 14.1. The number of rotatable bonds is 11. The standard InChI is InChI=1S/C22H25NO6/c1-5-29-21(14-24)20(23-28-4)13-16-12-18(27-3)10-11-19(16)22(25)15-6-8-17(26-2)9-7-15/h6-14,21,23H,5H2,1-4H3. The van der Waals surface area contributed by atoms with Gasteiger partial charge in [-0.3, -0.25) is 19.9 Å². The van der Waals surface area contributed by atoms with Crippen molar-refractivity contribution in [2.24, 2.45) is 0 Å². The number of hydroxylamine groups is 1. The summed E-state index contributed by atoms with van der Waals surface area (Å²) in [6.07, 6.45) is 1.43. The lowest BCUT2D eigenvalue weighted by Gasteiger charge is -2.17. The first-order valence-electron chi connectivity index (χ1n) is 9.02. The molecule has 0 aliphatic carbocycles. The summed E-state index contributed by atoms with van der Waals surface area (Å²) in [5.41, 5.74) is 4.52. The molecule has 0 aromatic heterocycles. The average molecular weight is 399 g/mol. The summed E-state index contributed by atoms with van der Waals surface area (Å²) in [5.74, 6) is 1.05. The number of carbonyl (C=O) groups is 2. The largest absolute Gasteiger partial charge is 0.497 e. The maximum Gasteiger partial charge on any atom is 0.193 e. The lowest BCUT2D eigenvalue weighted by Crippen LogP contribution is -2.27. The number of aldehydes is 1.